The minimum Gasteiger partial charge on any atom is -0.495 e. The molecule has 1 aliphatic rings. The zero-order chi connectivity index (χ0) is 14.8. The largest absolute Gasteiger partial charge is 0.495 e. The van der Waals surface area contributed by atoms with Gasteiger partial charge in [-0.2, -0.15) is 4.31 Å². The van der Waals surface area contributed by atoms with E-state index in [1.165, 1.54) is 23.5 Å². The fraction of sp³-hybridized carbons (Fsp3) is 0.308. The van der Waals surface area contributed by atoms with Crippen molar-refractivity contribution in [3.05, 3.63) is 35.9 Å². The number of rotatable bonds is 5. The molecular weight excluding hydrogens is 282 g/mol. The molecule has 2 rings (SSSR count). The van der Waals surface area contributed by atoms with Crippen LogP contribution in [0.2, 0.25) is 0 Å². The zero-order valence-corrected chi connectivity index (χ0v) is 11.8. The van der Waals surface area contributed by atoms with Crippen molar-refractivity contribution < 1.29 is 23.1 Å². The summed E-state index contributed by atoms with van der Waals surface area (Å²) in [7, 11) is -2.30. The van der Waals surface area contributed by atoms with Crippen molar-refractivity contribution in [2.45, 2.75) is 11.3 Å². The van der Waals surface area contributed by atoms with Crippen molar-refractivity contribution >= 4 is 16.0 Å². The summed E-state index contributed by atoms with van der Waals surface area (Å²) < 4.78 is 31.4. The van der Waals surface area contributed by atoms with Crippen LogP contribution in [-0.2, 0) is 21.2 Å². The van der Waals surface area contributed by atoms with Crippen molar-refractivity contribution in [2.24, 2.45) is 0 Å². The second kappa shape index (κ2) is 5.64. The lowest BCUT2D eigenvalue weighted by molar-refractivity contribution is -0.136. The monoisotopic (exact) mass is 297 g/mol. The number of methoxy groups -OCH3 is 1. The summed E-state index contributed by atoms with van der Waals surface area (Å²) in [4.78, 5) is 10.7. The van der Waals surface area contributed by atoms with E-state index in [-0.39, 0.29) is 17.1 Å². The van der Waals surface area contributed by atoms with Gasteiger partial charge in [-0.05, 0) is 17.7 Å². The van der Waals surface area contributed by atoms with Crippen LogP contribution < -0.4 is 4.74 Å². The number of aliphatic carboxylic acids is 1. The lowest BCUT2D eigenvalue weighted by atomic mass is 10.1. The third-order valence-electron chi connectivity index (χ3n) is 2.99. The van der Waals surface area contributed by atoms with Gasteiger partial charge in [0.1, 0.15) is 10.6 Å². The number of hydrogen-bond acceptors (Lipinski definition) is 4. The molecular formula is C13H15NO5S. The molecule has 20 heavy (non-hydrogen) atoms. The average Bonchev–Trinajstić information content (AvgIpc) is 2.92. The maximum Gasteiger partial charge on any atom is 0.307 e. The average molecular weight is 297 g/mol. The molecule has 1 heterocycles. The van der Waals surface area contributed by atoms with E-state index >= 15 is 0 Å². The summed E-state index contributed by atoms with van der Waals surface area (Å²) in [6.07, 6.45) is 3.31. The molecule has 1 aromatic carbocycles. The summed E-state index contributed by atoms with van der Waals surface area (Å²) in [5.74, 6) is -0.799. The number of carboxylic acids is 1. The second-order valence-corrected chi connectivity index (χ2v) is 6.26. The highest BCUT2D eigenvalue weighted by atomic mass is 32.2. The summed E-state index contributed by atoms with van der Waals surface area (Å²) in [5.41, 5.74) is 0.420. The summed E-state index contributed by atoms with van der Waals surface area (Å²) >= 11 is 0. The number of carbonyl (C=O) groups is 1. The highest BCUT2D eigenvalue weighted by molar-refractivity contribution is 7.89. The zero-order valence-electron chi connectivity index (χ0n) is 10.9. The van der Waals surface area contributed by atoms with E-state index in [1.54, 1.807) is 18.2 Å². The van der Waals surface area contributed by atoms with Gasteiger partial charge in [-0.3, -0.25) is 4.79 Å². The van der Waals surface area contributed by atoms with Crippen LogP contribution >= 0.6 is 0 Å². The minimum atomic E-state index is -3.69. The molecule has 0 aliphatic carbocycles. The van der Waals surface area contributed by atoms with Crippen LogP contribution in [-0.4, -0.2) is 44.0 Å². The summed E-state index contributed by atoms with van der Waals surface area (Å²) in [5, 5.41) is 8.80. The molecule has 0 saturated carbocycles. The number of hydrogen-bond donors (Lipinski definition) is 1. The van der Waals surface area contributed by atoms with Crippen molar-refractivity contribution in [3.63, 3.8) is 0 Å². The van der Waals surface area contributed by atoms with E-state index < -0.39 is 16.0 Å². The van der Waals surface area contributed by atoms with Crippen LogP contribution in [0.1, 0.15) is 5.56 Å². The van der Waals surface area contributed by atoms with Crippen LogP contribution in [0, 0.1) is 0 Å². The molecule has 0 bridgehead atoms. The molecule has 0 amide bonds. The van der Waals surface area contributed by atoms with Crippen LogP contribution in [0.15, 0.2) is 35.2 Å². The predicted molar refractivity (Wildman–Crippen MR) is 72.2 cm³/mol. The van der Waals surface area contributed by atoms with Gasteiger partial charge >= 0.3 is 5.97 Å². The first-order valence-corrected chi connectivity index (χ1v) is 7.43. The molecule has 6 nitrogen and oxygen atoms in total. The van der Waals surface area contributed by atoms with Crippen LogP contribution in [0.3, 0.4) is 0 Å². The maximum absolute atomic E-state index is 12.5. The standard InChI is InChI=1S/C13H15NO5S/c1-19-11-5-4-10(9-13(15)16)8-12(11)20(17,18)14-6-2-3-7-14/h2-5,8H,6-7,9H2,1H3,(H,15,16). The van der Waals surface area contributed by atoms with Gasteiger partial charge in [0.25, 0.3) is 0 Å². The first-order valence-electron chi connectivity index (χ1n) is 5.99. The minimum absolute atomic E-state index is 0.00227. The number of nitrogens with zero attached hydrogens (tertiary/aromatic N) is 1. The summed E-state index contributed by atoms with van der Waals surface area (Å²) in [6.45, 7) is 0.628. The van der Waals surface area contributed by atoms with Crippen molar-refractivity contribution in [1.82, 2.24) is 4.31 Å². The molecule has 1 N–H and O–H groups in total. The van der Waals surface area contributed by atoms with Crippen LogP contribution in [0.4, 0.5) is 0 Å². The van der Waals surface area contributed by atoms with Crippen molar-refractivity contribution in [3.8, 4) is 5.75 Å². The Hall–Kier alpha value is -1.86. The number of ether oxygens (including phenoxy) is 1. The quantitative estimate of drug-likeness (QED) is 0.816. The van der Waals surface area contributed by atoms with E-state index in [1.807, 2.05) is 0 Å². The molecule has 0 aromatic heterocycles. The van der Waals surface area contributed by atoms with E-state index in [0.717, 1.165) is 0 Å². The van der Waals surface area contributed by atoms with Gasteiger partial charge in [0, 0.05) is 13.1 Å². The first-order chi connectivity index (χ1) is 9.45. The molecule has 0 spiro atoms. The van der Waals surface area contributed by atoms with Crippen LogP contribution in [0.5, 0.6) is 5.75 Å². The molecule has 0 atom stereocenters. The third kappa shape index (κ3) is 2.83. The van der Waals surface area contributed by atoms with Gasteiger partial charge in [-0.25, -0.2) is 8.42 Å². The van der Waals surface area contributed by atoms with Gasteiger partial charge in [-0.15, -0.1) is 0 Å². The molecule has 1 aliphatic heterocycles. The van der Waals surface area contributed by atoms with Gasteiger partial charge in [0.2, 0.25) is 10.0 Å². The van der Waals surface area contributed by atoms with E-state index in [2.05, 4.69) is 0 Å². The highest BCUT2D eigenvalue weighted by Crippen LogP contribution is 2.28. The Labute approximate surface area is 117 Å². The van der Waals surface area contributed by atoms with Gasteiger partial charge < -0.3 is 9.84 Å². The lowest BCUT2D eigenvalue weighted by Crippen LogP contribution is -2.28. The fourth-order valence-corrected chi connectivity index (χ4v) is 3.55. The Balaban J connectivity index is 2.44. The third-order valence-corrected chi connectivity index (χ3v) is 4.84. The molecule has 108 valence electrons. The summed E-state index contributed by atoms with van der Waals surface area (Å²) in [6, 6.07) is 4.39. The lowest BCUT2D eigenvalue weighted by Gasteiger charge is -2.18. The van der Waals surface area contributed by atoms with E-state index in [4.69, 9.17) is 9.84 Å². The number of benzene rings is 1. The topological polar surface area (TPSA) is 83.9 Å². The Bertz CT molecular complexity index is 643. The van der Waals surface area contributed by atoms with E-state index in [9.17, 15) is 13.2 Å². The molecule has 0 radical (unpaired) electrons. The smallest absolute Gasteiger partial charge is 0.307 e. The van der Waals surface area contributed by atoms with Crippen molar-refractivity contribution in [2.75, 3.05) is 20.2 Å². The van der Waals surface area contributed by atoms with Gasteiger partial charge in [-0.1, -0.05) is 18.2 Å². The predicted octanol–water partition coefficient (Wildman–Crippen LogP) is 0.883. The van der Waals surface area contributed by atoms with Crippen molar-refractivity contribution in [1.29, 1.82) is 0 Å². The molecule has 7 heteroatoms. The first kappa shape index (κ1) is 14.5. The van der Waals surface area contributed by atoms with Gasteiger partial charge in [0.05, 0.1) is 13.5 Å². The Morgan fingerprint density at radius 1 is 1.35 bits per heavy atom. The Morgan fingerprint density at radius 2 is 2.00 bits per heavy atom. The molecule has 0 saturated heterocycles. The maximum atomic E-state index is 12.5. The number of carboxylic acid groups (broad SMARTS) is 1. The Morgan fingerprint density at radius 3 is 2.55 bits per heavy atom. The van der Waals surface area contributed by atoms with Crippen LogP contribution in [0.25, 0.3) is 0 Å². The Kier molecular flexibility index (Phi) is 4.10. The second-order valence-electron chi connectivity index (χ2n) is 4.35. The van der Waals surface area contributed by atoms with E-state index in [0.29, 0.717) is 18.7 Å². The fourth-order valence-electron chi connectivity index (χ4n) is 2.00. The highest BCUT2D eigenvalue weighted by Gasteiger charge is 2.28. The SMILES string of the molecule is COc1ccc(CC(=O)O)cc1S(=O)(=O)N1CC=CC1. The number of sulfonamides is 1. The normalized spacial score (nSPS) is 15.4. The molecule has 0 fully saturated rings. The molecule has 0 unspecified atom stereocenters. The van der Waals surface area contributed by atoms with Gasteiger partial charge in [0.15, 0.2) is 0 Å². The molecule has 1 aromatic rings.